The Bertz CT molecular complexity index is 344. The number of thioether (sulfide) groups is 1. The molecule has 1 aromatic carbocycles. The minimum atomic E-state index is -0.939. The molecule has 0 aliphatic rings. The number of halogens is 3. The highest BCUT2D eigenvalue weighted by Crippen LogP contribution is 2.35. The molecule has 0 aliphatic heterocycles. The molecule has 0 fully saturated rings. The Labute approximate surface area is 94.0 Å². The fourth-order valence-electron chi connectivity index (χ4n) is 0.982. The van der Waals surface area contributed by atoms with Crippen LogP contribution in [0.1, 0.15) is 6.92 Å². The molecule has 0 radical (unpaired) electrons. The fourth-order valence-corrected chi connectivity index (χ4v) is 2.16. The second kappa shape index (κ2) is 4.98. The van der Waals surface area contributed by atoms with Crippen LogP contribution in [0.4, 0.5) is 8.78 Å². The molecule has 0 aliphatic carbocycles. The Balaban J connectivity index is 3.26. The molecule has 0 saturated heterocycles. The number of hydrogen-bond donors (Lipinski definition) is 0. The topological polar surface area (TPSA) is 9.23 Å². The van der Waals surface area contributed by atoms with Gasteiger partial charge in [0.15, 0.2) is 11.6 Å². The second-order valence-corrected chi connectivity index (χ2v) is 4.15. The molecule has 0 unspecified atom stereocenters. The van der Waals surface area contributed by atoms with Gasteiger partial charge in [0, 0.05) is 4.90 Å². The molecule has 0 amide bonds. The molecule has 0 atom stereocenters. The number of ether oxygens (including phenoxy) is 1. The van der Waals surface area contributed by atoms with E-state index in [0.717, 1.165) is 11.8 Å². The third-order valence-corrected chi connectivity index (χ3v) is 2.92. The summed E-state index contributed by atoms with van der Waals surface area (Å²) in [6.45, 7) is 2.01. The van der Waals surface area contributed by atoms with E-state index in [0.29, 0.717) is 11.1 Å². The molecule has 14 heavy (non-hydrogen) atoms. The van der Waals surface area contributed by atoms with E-state index in [1.165, 1.54) is 6.07 Å². The van der Waals surface area contributed by atoms with Crippen molar-refractivity contribution in [2.75, 3.05) is 12.9 Å². The minimum Gasteiger partial charge on any atom is -0.489 e. The standard InChI is InChI=1S/C9H9BrF2OS/c1-3-13-9-5(10)4-6(14-2)7(11)8(9)12/h4H,3H2,1-2H3. The summed E-state index contributed by atoms with van der Waals surface area (Å²) in [6, 6.07) is 1.51. The first-order valence-corrected chi connectivity index (χ1v) is 5.97. The Hall–Kier alpha value is -0.290. The summed E-state index contributed by atoms with van der Waals surface area (Å²) >= 11 is 4.28. The first-order chi connectivity index (χ1) is 6.61. The summed E-state index contributed by atoms with van der Waals surface area (Å²) in [5.41, 5.74) is 0. The Morgan fingerprint density at radius 3 is 2.57 bits per heavy atom. The van der Waals surface area contributed by atoms with E-state index in [9.17, 15) is 8.78 Å². The maximum Gasteiger partial charge on any atom is 0.202 e. The molecule has 0 aromatic heterocycles. The molecule has 1 nitrogen and oxygen atoms in total. The summed E-state index contributed by atoms with van der Waals surface area (Å²) in [6.07, 6.45) is 1.69. The minimum absolute atomic E-state index is 0.0669. The van der Waals surface area contributed by atoms with E-state index >= 15 is 0 Å². The van der Waals surface area contributed by atoms with E-state index in [1.807, 2.05) is 0 Å². The van der Waals surface area contributed by atoms with E-state index in [4.69, 9.17) is 4.74 Å². The van der Waals surface area contributed by atoms with Gasteiger partial charge in [-0.3, -0.25) is 0 Å². The average Bonchev–Trinajstić information content (AvgIpc) is 2.18. The summed E-state index contributed by atoms with van der Waals surface area (Å²) in [7, 11) is 0. The predicted octanol–water partition coefficient (Wildman–Crippen LogP) is 3.85. The van der Waals surface area contributed by atoms with Crippen LogP contribution in [0, 0.1) is 11.6 Å². The molecule has 5 heteroatoms. The van der Waals surface area contributed by atoms with E-state index < -0.39 is 11.6 Å². The maximum atomic E-state index is 13.4. The third kappa shape index (κ3) is 2.20. The monoisotopic (exact) mass is 282 g/mol. The lowest BCUT2D eigenvalue weighted by atomic mass is 10.3. The van der Waals surface area contributed by atoms with Crippen LogP contribution in [0.25, 0.3) is 0 Å². The van der Waals surface area contributed by atoms with Crippen molar-refractivity contribution in [3.8, 4) is 5.75 Å². The number of hydrogen-bond acceptors (Lipinski definition) is 2. The van der Waals surface area contributed by atoms with Crippen molar-refractivity contribution in [3.05, 3.63) is 22.2 Å². The smallest absolute Gasteiger partial charge is 0.202 e. The van der Waals surface area contributed by atoms with Crippen molar-refractivity contribution in [2.45, 2.75) is 11.8 Å². The summed E-state index contributed by atoms with van der Waals surface area (Å²) < 4.78 is 32.0. The normalized spacial score (nSPS) is 10.4. The van der Waals surface area contributed by atoms with Gasteiger partial charge in [0.05, 0.1) is 11.1 Å². The van der Waals surface area contributed by atoms with E-state index in [2.05, 4.69) is 15.9 Å². The van der Waals surface area contributed by atoms with Crippen LogP contribution >= 0.6 is 27.7 Å². The van der Waals surface area contributed by atoms with Crippen LogP contribution in [0.3, 0.4) is 0 Å². The average molecular weight is 283 g/mol. The zero-order valence-electron chi connectivity index (χ0n) is 7.73. The first-order valence-electron chi connectivity index (χ1n) is 3.96. The molecule has 0 spiro atoms. The largest absolute Gasteiger partial charge is 0.489 e. The zero-order valence-corrected chi connectivity index (χ0v) is 10.1. The molecular formula is C9H9BrF2OS. The van der Waals surface area contributed by atoms with Crippen molar-refractivity contribution < 1.29 is 13.5 Å². The summed E-state index contributed by atoms with van der Waals surface area (Å²) in [4.78, 5) is 0.262. The molecular weight excluding hydrogens is 274 g/mol. The molecule has 0 saturated carbocycles. The van der Waals surface area contributed by atoms with Gasteiger partial charge < -0.3 is 4.74 Å². The van der Waals surface area contributed by atoms with Gasteiger partial charge in [-0.25, -0.2) is 4.39 Å². The first kappa shape index (κ1) is 11.8. The number of benzene rings is 1. The molecule has 0 N–H and O–H groups in total. The lowest BCUT2D eigenvalue weighted by molar-refractivity contribution is 0.310. The van der Waals surface area contributed by atoms with Gasteiger partial charge in [0.25, 0.3) is 0 Å². The van der Waals surface area contributed by atoms with Crippen molar-refractivity contribution >= 4 is 27.7 Å². The molecule has 0 bridgehead atoms. The predicted molar refractivity (Wildman–Crippen MR) is 57.0 cm³/mol. The van der Waals surface area contributed by atoms with Crippen molar-refractivity contribution in [3.63, 3.8) is 0 Å². The highest BCUT2D eigenvalue weighted by molar-refractivity contribution is 9.10. The number of rotatable bonds is 3. The van der Waals surface area contributed by atoms with Crippen molar-refractivity contribution in [1.29, 1.82) is 0 Å². The van der Waals surface area contributed by atoms with Crippen molar-refractivity contribution in [1.82, 2.24) is 0 Å². The zero-order chi connectivity index (χ0) is 10.7. The maximum absolute atomic E-state index is 13.4. The van der Waals surface area contributed by atoms with Gasteiger partial charge in [0.1, 0.15) is 0 Å². The highest BCUT2D eigenvalue weighted by atomic mass is 79.9. The SMILES string of the molecule is CCOc1c(Br)cc(SC)c(F)c1F. The highest BCUT2D eigenvalue weighted by Gasteiger charge is 2.17. The Kier molecular flexibility index (Phi) is 4.19. The fraction of sp³-hybridized carbons (Fsp3) is 0.333. The van der Waals surface area contributed by atoms with Crippen LogP contribution in [0.2, 0.25) is 0 Å². The summed E-state index contributed by atoms with van der Waals surface area (Å²) in [5, 5.41) is 0. The Morgan fingerprint density at radius 2 is 2.07 bits per heavy atom. The second-order valence-electron chi connectivity index (χ2n) is 2.45. The van der Waals surface area contributed by atoms with Crippen molar-refractivity contribution in [2.24, 2.45) is 0 Å². The van der Waals surface area contributed by atoms with Crippen LogP contribution < -0.4 is 4.74 Å². The molecule has 78 valence electrons. The van der Waals surface area contributed by atoms with Gasteiger partial charge in [0.2, 0.25) is 5.82 Å². The van der Waals surface area contributed by atoms with Crippen LogP contribution in [0.15, 0.2) is 15.4 Å². The van der Waals surface area contributed by atoms with Gasteiger partial charge in [-0.1, -0.05) is 0 Å². The molecule has 1 aromatic rings. The van der Waals surface area contributed by atoms with Gasteiger partial charge in [-0.15, -0.1) is 11.8 Å². The lowest BCUT2D eigenvalue weighted by Gasteiger charge is -2.09. The molecule has 1 rings (SSSR count). The van der Waals surface area contributed by atoms with E-state index in [-0.39, 0.29) is 10.6 Å². The lowest BCUT2D eigenvalue weighted by Crippen LogP contribution is -1.99. The van der Waals surface area contributed by atoms with Crippen LogP contribution in [-0.2, 0) is 0 Å². The van der Waals surface area contributed by atoms with Gasteiger partial charge in [-0.05, 0) is 35.2 Å². The van der Waals surface area contributed by atoms with Crippen LogP contribution in [0.5, 0.6) is 5.75 Å². The van der Waals surface area contributed by atoms with Crippen LogP contribution in [-0.4, -0.2) is 12.9 Å². The van der Waals surface area contributed by atoms with Gasteiger partial charge in [-0.2, -0.15) is 4.39 Å². The quantitative estimate of drug-likeness (QED) is 0.615. The molecule has 0 heterocycles. The third-order valence-electron chi connectivity index (χ3n) is 1.59. The van der Waals surface area contributed by atoms with Gasteiger partial charge >= 0.3 is 0 Å². The Morgan fingerprint density at radius 1 is 1.43 bits per heavy atom. The summed E-state index contributed by atoms with van der Waals surface area (Å²) in [5.74, 6) is -1.86. The van der Waals surface area contributed by atoms with E-state index in [1.54, 1.807) is 13.2 Å².